The Kier molecular flexibility index (Phi) is 5.71. The molecule has 0 bridgehead atoms. The van der Waals surface area contributed by atoms with Crippen LogP contribution in [0.2, 0.25) is 0 Å². The Morgan fingerprint density at radius 2 is 1.71 bits per heavy atom. The minimum absolute atomic E-state index is 0.284. The van der Waals surface area contributed by atoms with E-state index >= 15 is 0 Å². The van der Waals surface area contributed by atoms with E-state index in [0.717, 1.165) is 29.4 Å². The average molecular weight is 322 g/mol. The van der Waals surface area contributed by atoms with E-state index in [1.165, 1.54) is 0 Å². The summed E-state index contributed by atoms with van der Waals surface area (Å²) in [5, 5.41) is 0. The van der Waals surface area contributed by atoms with E-state index in [2.05, 4.69) is 13.8 Å². The van der Waals surface area contributed by atoms with Gasteiger partial charge in [-0.3, -0.25) is 9.59 Å². The maximum atomic E-state index is 12.6. The van der Waals surface area contributed by atoms with Gasteiger partial charge in [0.2, 0.25) is 0 Å². The van der Waals surface area contributed by atoms with Crippen LogP contribution < -0.4 is 0 Å². The van der Waals surface area contributed by atoms with E-state index in [1.54, 1.807) is 6.07 Å². The topological polar surface area (TPSA) is 34.1 Å². The molecule has 0 radical (unpaired) electrons. The highest BCUT2D eigenvalue weighted by atomic mass is 16.1. The van der Waals surface area contributed by atoms with Crippen LogP contribution in [0.1, 0.15) is 56.5 Å². The molecule has 0 aliphatic heterocycles. The highest BCUT2D eigenvalue weighted by Gasteiger charge is 2.29. The molecule has 24 heavy (non-hydrogen) atoms. The standard InChI is InChI=1S/C22H26O2/c1-16(2)8-13-21(24)22(3,4)20-11-9-18(10-12-20)19-7-5-6-17(14-19)15-23/h5-7,9-12,14-16H,8,13H2,1-4H3. The second-order valence-corrected chi connectivity index (χ2v) is 7.30. The molecule has 126 valence electrons. The van der Waals surface area contributed by atoms with Gasteiger partial charge in [0.15, 0.2) is 0 Å². The SMILES string of the molecule is CC(C)CCC(=O)C(C)(C)c1ccc(-c2cccc(C=O)c2)cc1. The number of hydrogen-bond acceptors (Lipinski definition) is 2. The van der Waals surface area contributed by atoms with Crippen LogP contribution in [-0.2, 0) is 10.2 Å². The number of rotatable bonds is 7. The summed E-state index contributed by atoms with van der Waals surface area (Å²) in [7, 11) is 0. The number of ketones is 1. The van der Waals surface area contributed by atoms with Crippen molar-refractivity contribution in [2.75, 3.05) is 0 Å². The number of carbonyl (C=O) groups excluding carboxylic acids is 2. The van der Waals surface area contributed by atoms with Crippen LogP contribution in [0.4, 0.5) is 0 Å². The zero-order valence-corrected chi connectivity index (χ0v) is 15.0. The van der Waals surface area contributed by atoms with E-state index in [4.69, 9.17) is 0 Å². The molecule has 0 aliphatic carbocycles. The fraction of sp³-hybridized carbons (Fsp3) is 0.364. The minimum atomic E-state index is -0.474. The van der Waals surface area contributed by atoms with Crippen molar-refractivity contribution < 1.29 is 9.59 Å². The Bertz CT molecular complexity index is 709. The summed E-state index contributed by atoms with van der Waals surface area (Å²) in [6, 6.07) is 15.6. The maximum Gasteiger partial charge on any atom is 0.150 e. The molecule has 0 amide bonds. The monoisotopic (exact) mass is 322 g/mol. The Labute approximate surface area is 144 Å². The summed E-state index contributed by atoms with van der Waals surface area (Å²) in [5.74, 6) is 0.823. The number of aldehydes is 1. The molecule has 0 spiro atoms. The quantitative estimate of drug-likeness (QED) is 0.635. The van der Waals surface area contributed by atoms with Gasteiger partial charge < -0.3 is 0 Å². The molecule has 2 aromatic carbocycles. The van der Waals surface area contributed by atoms with Crippen LogP contribution in [0.3, 0.4) is 0 Å². The molecular formula is C22H26O2. The molecule has 0 aliphatic rings. The first-order valence-electron chi connectivity index (χ1n) is 8.54. The van der Waals surface area contributed by atoms with Crippen LogP contribution >= 0.6 is 0 Å². The van der Waals surface area contributed by atoms with Crippen molar-refractivity contribution in [3.8, 4) is 11.1 Å². The number of benzene rings is 2. The molecule has 2 rings (SSSR count). The van der Waals surface area contributed by atoms with Gasteiger partial charge in [0, 0.05) is 17.4 Å². The number of carbonyl (C=O) groups is 2. The predicted molar refractivity (Wildman–Crippen MR) is 99.4 cm³/mol. The molecule has 0 saturated heterocycles. The smallest absolute Gasteiger partial charge is 0.150 e. The van der Waals surface area contributed by atoms with Crippen LogP contribution in [-0.4, -0.2) is 12.1 Å². The van der Waals surface area contributed by atoms with Gasteiger partial charge >= 0.3 is 0 Å². The Balaban J connectivity index is 2.21. The normalized spacial score (nSPS) is 11.5. The first-order chi connectivity index (χ1) is 11.3. The lowest BCUT2D eigenvalue weighted by Gasteiger charge is -2.24. The van der Waals surface area contributed by atoms with Crippen molar-refractivity contribution >= 4 is 12.1 Å². The van der Waals surface area contributed by atoms with Crippen LogP contribution in [0.5, 0.6) is 0 Å². The number of hydrogen-bond donors (Lipinski definition) is 0. The lowest BCUT2D eigenvalue weighted by atomic mass is 9.78. The molecule has 0 N–H and O–H groups in total. The molecule has 0 atom stereocenters. The van der Waals surface area contributed by atoms with Gasteiger partial charge in [-0.15, -0.1) is 0 Å². The molecule has 2 heteroatoms. The van der Waals surface area contributed by atoms with E-state index < -0.39 is 5.41 Å². The lowest BCUT2D eigenvalue weighted by Crippen LogP contribution is -2.29. The van der Waals surface area contributed by atoms with Crippen molar-refractivity contribution in [1.29, 1.82) is 0 Å². The molecule has 0 saturated carbocycles. The Hall–Kier alpha value is -2.22. The molecule has 2 nitrogen and oxygen atoms in total. The first-order valence-corrected chi connectivity index (χ1v) is 8.54. The fourth-order valence-corrected chi connectivity index (χ4v) is 2.76. The molecule has 0 unspecified atom stereocenters. The maximum absolute atomic E-state index is 12.6. The zero-order chi connectivity index (χ0) is 17.7. The second-order valence-electron chi connectivity index (χ2n) is 7.30. The summed E-state index contributed by atoms with van der Waals surface area (Å²) in [4.78, 5) is 23.5. The van der Waals surface area contributed by atoms with Gasteiger partial charge in [-0.2, -0.15) is 0 Å². The highest BCUT2D eigenvalue weighted by Crippen LogP contribution is 2.29. The van der Waals surface area contributed by atoms with Gasteiger partial charge in [0.1, 0.15) is 12.1 Å². The highest BCUT2D eigenvalue weighted by molar-refractivity contribution is 5.89. The third-order valence-electron chi connectivity index (χ3n) is 4.61. The van der Waals surface area contributed by atoms with Gasteiger partial charge in [-0.25, -0.2) is 0 Å². The van der Waals surface area contributed by atoms with Crippen molar-refractivity contribution in [2.24, 2.45) is 5.92 Å². The van der Waals surface area contributed by atoms with E-state index in [9.17, 15) is 9.59 Å². The number of Topliss-reactive ketones (excluding diaryl/α,β-unsaturated/α-hetero) is 1. The third-order valence-corrected chi connectivity index (χ3v) is 4.61. The fourth-order valence-electron chi connectivity index (χ4n) is 2.76. The summed E-state index contributed by atoms with van der Waals surface area (Å²) in [6.45, 7) is 8.28. The predicted octanol–water partition coefficient (Wildman–Crippen LogP) is 5.45. The molecule has 0 fully saturated rings. The Morgan fingerprint density at radius 3 is 2.29 bits per heavy atom. The zero-order valence-electron chi connectivity index (χ0n) is 15.0. The average Bonchev–Trinajstić information content (AvgIpc) is 2.59. The summed E-state index contributed by atoms with van der Waals surface area (Å²) >= 11 is 0. The third kappa shape index (κ3) is 4.19. The van der Waals surface area contributed by atoms with E-state index in [-0.39, 0.29) is 5.78 Å². The molecule has 2 aromatic rings. The van der Waals surface area contributed by atoms with Crippen molar-refractivity contribution in [2.45, 2.75) is 46.0 Å². The van der Waals surface area contributed by atoms with Gasteiger partial charge in [0.25, 0.3) is 0 Å². The van der Waals surface area contributed by atoms with E-state index in [0.29, 0.717) is 17.9 Å². The molecule has 0 heterocycles. The summed E-state index contributed by atoms with van der Waals surface area (Å²) < 4.78 is 0. The van der Waals surface area contributed by atoms with Gasteiger partial charge in [-0.1, -0.05) is 56.3 Å². The minimum Gasteiger partial charge on any atom is -0.299 e. The van der Waals surface area contributed by atoms with Crippen molar-refractivity contribution in [3.63, 3.8) is 0 Å². The second kappa shape index (κ2) is 7.57. The Morgan fingerprint density at radius 1 is 1.04 bits per heavy atom. The summed E-state index contributed by atoms with van der Waals surface area (Å²) in [5.41, 5.74) is 3.29. The van der Waals surface area contributed by atoms with Gasteiger partial charge in [0.05, 0.1) is 0 Å². The van der Waals surface area contributed by atoms with Crippen LogP contribution in [0.15, 0.2) is 48.5 Å². The van der Waals surface area contributed by atoms with Crippen LogP contribution in [0, 0.1) is 5.92 Å². The van der Waals surface area contributed by atoms with Crippen LogP contribution in [0.25, 0.3) is 11.1 Å². The van der Waals surface area contributed by atoms with E-state index in [1.807, 2.05) is 56.3 Å². The largest absolute Gasteiger partial charge is 0.299 e. The molecular weight excluding hydrogens is 296 g/mol. The van der Waals surface area contributed by atoms with Gasteiger partial charge in [-0.05, 0) is 48.9 Å². The lowest BCUT2D eigenvalue weighted by molar-refractivity contribution is -0.123. The first kappa shape index (κ1) is 18.1. The van der Waals surface area contributed by atoms with Crippen molar-refractivity contribution in [3.05, 3.63) is 59.7 Å². The summed E-state index contributed by atoms with van der Waals surface area (Å²) in [6.07, 6.45) is 2.40. The molecule has 0 aromatic heterocycles. The van der Waals surface area contributed by atoms with Crippen molar-refractivity contribution in [1.82, 2.24) is 0 Å².